The van der Waals surface area contributed by atoms with E-state index >= 15 is 0 Å². The highest BCUT2D eigenvalue weighted by atomic mass is 35.5. The van der Waals surface area contributed by atoms with Gasteiger partial charge in [0.2, 0.25) is 5.91 Å². The summed E-state index contributed by atoms with van der Waals surface area (Å²) in [6.45, 7) is 3.45. The molecule has 1 unspecified atom stereocenters. The van der Waals surface area contributed by atoms with Crippen LogP contribution >= 0.6 is 12.4 Å². The van der Waals surface area contributed by atoms with Crippen LogP contribution in [0.4, 0.5) is 0 Å². The van der Waals surface area contributed by atoms with Crippen LogP contribution in [-0.4, -0.2) is 50.3 Å². The van der Waals surface area contributed by atoms with Gasteiger partial charge in [0.05, 0.1) is 18.6 Å². The molecule has 0 radical (unpaired) electrons. The van der Waals surface area contributed by atoms with E-state index in [4.69, 9.17) is 15.2 Å². The Bertz CT molecular complexity index is 506. The molecule has 0 aliphatic carbocycles. The van der Waals surface area contributed by atoms with Gasteiger partial charge in [0.25, 0.3) is 0 Å². The first kappa shape index (κ1) is 18.2. The van der Waals surface area contributed by atoms with Crippen LogP contribution in [0.1, 0.15) is 24.5 Å². The van der Waals surface area contributed by atoms with Crippen molar-refractivity contribution in [2.24, 2.45) is 11.1 Å². The van der Waals surface area contributed by atoms with E-state index in [1.54, 1.807) is 0 Å². The van der Waals surface area contributed by atoms with Crippen LogP contribution in [0.5, 0.6) is 0 Å². The molecule has 0 bridgehead atoms. The van der Waals surface area contributed by atoms with Crippen molar-refractivity contribution >= 4 is 18.3 Å². The summed E-state index contributed by atoms with van der Waals surface area (Å²) in [4.78, 5) is 14.9. The van der Waals surface area contributed by atoms with Gasteiger partial charge in [-0.25, -0.2) is 0 Å². The molecule has 6 heteroatoms. The van der Waals surface area contributed by atoms with Gasteiger partial charge in [0.1, 0.15) is 6.10 Å². The predicted molar refractivity (Wildman–Crippen MR) is 90.5 cm³/mol. The molecule has 0 saturated carbocycles. The fraction of sp³-hybridized carbons (Fsp3) is 0.588. The molecule has 1 aromatic rings. The van der Waals surface area contributed by atoms with Crippen LogP contribution in [-0.2, 0) is 14.3 Å². The highest BCUT2D eigenvalue weighted by Gasteiger charge is 2.42. The molecule has 1 amide bonds. The van der Waals surface area contributed by atoms with Gasteiger partial charge < -0.3 is 20.1 Å². The molecular weight excluding hydrogens is 316 g/mol. The van der Waals surface area contributed by atoms with Crippen LogP contribution in [0.25, 0.3) is 0 Å². The maximum Gasteiger partial charge on any atom is 0.230 e. The number of nitrogens with zero attached hydrogens (tertiary/aromatic N) is 1. The summed E-state index contributed by atoms with van der Waals surface area (Å²) in [5.74, 6) is 0.169. The monoisotopic (exact) mass is 340 g/mol. The van der Waals surface area contributed by atoms with Gasteiger partial charge in [-0.3, -0.25) is 4.79 Å². The highest BCUT2D eigenvalue weighted by Crippen LogP contribution is 2.33. The number of carbonyl (C=O) groups is 1. The minimum Gasteiger partial charge on any atom is -0.381 e. The Morgan fingerprint density at radius 1 is 1.22 bits per heavy atom. The Morgan fingerprint density at radius 2 is 1.91 bits per heavy atom. The lowest BCUT2D eigenvalue weighted by molar-refractivity contribution is -0.154. The third-order valence-electron chi connectivity index (χ3n) is 4.82. The van der Waals surface area contributed by atoms with Crippen molar-refractivity contribution in [1.29, 1.82) is 0 Å². The van der Waals surface area contributed by atoms with Crippen molar-refractivity contribution in [2.45, 2.75) is 18.9 Å². The van der Waals surface area contributed by atoms with Gasteiger partial charge in [-0.15, -0.1) is 12.4 Å². The number of carbonyl (C=O) groups excluding carboxylic acids is 1. The van der Waals surface area contributed by atoms with E-state index in [-0.39, 0.29) is 24.4 Å². The first-order chi connectivity index (χ1) is 10.7. The SMILES string of the molecule is Cl.NCC1(C(=O)N2CCOC(c3ccccc3)C2)CCOCC1. The number of morpholine rings is 1. The minimum atomic E-state index is -0.448. The molecule has 2 N–H and O–H groups in total. The zero-order chi connectivity index (χ0) is 15.4. The molecule has 2 aliphatic rings. The number of hydrogen-bond acceptors (Lipinski definition) is 4. The smallest absolute Gasteiger partial charge is 0.230 e. The van der Waals surface area contributed by atoms with Crippen LogP contribution in [0.15, 0.2) is 30.3 Å². The molecule has 1 atom stereocenters. The molecule has 3 rings (SSSR count). The van der Waals surface area contributed by atoms with Gasteiger partial charge in [-0.05, 0) is 18.4 Å². The molecule has 0 spiro atoms. The molecule has 1 aromatic carbocycles. The van der Waals surface area contributed by atoms with E-state index < -0.39 is 5.41 Å². The van der Waals surface area contributed by atoms with E-state index in [0.717, 1.165) is 18.4 Å². The van der Waals surface area contributed by atoms with Crippen LogP contribution in [0.3, 0.4) is 0 Å². The first-order valence-electron chi connectivity index (χ1n) is 7.99. The summed E-state index contributed by atoms with van der Waals surface area (Å²) in [6, 6.07) is 10.1. The van der Waals surface area contributed by atoms with E-state index in [9.17, 15) is 4.79 Å². The Balaban J connectivity index is 0.00000192. The van der Waals surface area contributed by atoms with Crippen molar-refractivity contribution in [3.05, 3.63) is 35.9 Å². The van der Waals surface area contributed by atoms with Gasteiger partial charge in [-0.1, -0.05) is 30.3 Å². The Hall–Kier alpha value is -1.14. The molecule has 0 aromatic heterocycles. The maximum atomic E-state index is 13.0. The summed E-state index contributed by atoms with van der Waals surface area (Å²) in [5, 5.41) is 0. The molecule has 5 nitrogen and oxygen atoms in total. The van der Waals surface area contributed by atoms with Crippen LogP contribution < -0.4 is 5.73 Å². The number of rotatable bonds is 3. The Kier molecular flexibility index (Phi) is 6.41. The third-order valence-corrected chi connectivity index (χ3v) is 4.82. The largest absolute Gasteiger partial charge is 0.381 e. The van der Waals surface area contributed by atoms with Gasteiger partial charge in [0, 0.05) is 26.3 Å². The number of amides is 1. The zero-order valence-electron chi connectivity index (χ0n) is 13.3. The molecule has 128 valence electrons. The molecule has 2 aliphatic heterocycles. The maximum absolute atomic E-state index is 13.0. The van der Waals surface area contributed by atoms with Crippen molar-refractivity contribution in [1.82, 2.24) is 4.90 Å². The lowest BCUT2D eigenvalue weighted by atomic mass is 9.78. The van der Waals surface area contributed by atoms with Gasteiger partial charge in [0.15, 0.2) is 0 Å². The third kappa shape index (κ3) is 3.86. The van der Waals surface area contributed by atoms with Gasteiger partial charge in [-0.2, -0.15) is 0 Å². The molecule has 23 heavy (non-hydrogen) atoms. The highest BCUT2D eigenvalue weighted by molar-refractivity contribution is 5.85. The van der Waals surface area contributed by atoms with Crippen molar-refractivity contribution in [3.8, 4) is 0 Å². The molecule has 2 fully saturated rings. The normalized spacial score (nSPS) is 23.9. The number of benzene rings is 1. The fourth-order valence-corrected chi connectivity index (χ4v) is 3.31. The Morgan fingerprint density at radius 3 is 2.57 bits per heavy atom. The lowest BCUT2D eigenvalue weighted by Gasteiger charge is -2.41. The number of nitrogens with two attached hydrogens (primary N) is 1. The van der Waals surface area contributed by atoms with Crippen LogP contribution in [0.2, 0.25) is 0 Å². The lowest BCUT2D eigenvalue weighted by Crippen LogP contribution is -2.54. The molecule has 2 heterocycles. The number of halogens is 1. The zero-order valence-corrected chi connectivity index (χ0v) is 14.1. The molecular formula is C17H25ClN2O3. The summed E-state index contributed by atoms with van der Waals surface area (Å²) < 4.78 is 11.3. The van der Waals surface area contributed by atoms with Gasteiger partial charge >= 0.3 is 0 Å². The van der Waals surface area contributed by atoms with Crippen molar-refractivity contribution in [2.75, 3.05) is 39.5 Å². The Labute approximate surface area is 143 Å². The summed E-state index contributed by atoms with van der Waals surface area (Å²) in [5.41, 5.74) is 6.63. The fourth-order valence-electron chi connectivity index (χ4n) is 3.31. The van der Waals surface area contributed by atoms with E-state index in [1.165, 1.54) is 0 Å². The van der Waals surface area contributed by atoms with Crippen molar-refractivity contribution in [3.63, 3.8) is 0 Å². The average molecular weight is 341 g/mol. The van der Waals surface area contributed by atoms with E-state index in [0.29, 0.717) is 39.5 Å². The summed E-state index contributed by atoms with van der Waals surface area (Å²) >= 11 is 0. The number of ether oxygens (including phenoxy) is 2. The second kappa shape index (κ2) is 8.11. The van der Waals surface area contributed by atoms with Crippen molar-refractivity contribution < 1.29 is 14.3 Å². The van der Waals surface area contributed by atoms with E-state index in [2.05, 4.69) is 0 Å². The first-order valence-corrected chi connectivity index (χ1v) is 7.99. The second-order valence-electron chi connectivity index (χ2n) is 6.12. The topological polar surface area (TPSA) is 64.8 Å². The summed E-state index contributed by atoms with van der Waals surface area (Å²) in [7, 11) is 0. The quantitative estimate of drug-likeness (QED) is 0.910. The van der Waals surface area contributed by atoms with E-state index in [1.807, 2.05) is 35.2 Å². The molecule has 2 saturated heterocycles. The average Bonchev–Trinajstić information content (AvgIpc) is 2.62. The predicted octanol–water partition coefficient (Wildman–Crippen LogP) is 1.76. The standard InChI is InChI=1S/C17H24N2O3.ClH/c18-13-17(6-9-21-10-7-17)16(20)19-8-11-22-15(12-19)14-4-2-1-3-5-14;/h1-5,15H,6-13,18H2;1H. The van der Waals surface area contributed by atoms with Crippen LogP contribution in [0, 0.1) is 5.41 Å². The summed E-state index contributed by atoms with van der Waals surface area (Å²) in [6.07, 6.45) is 1.39. The second-order valence-corrected chi connectivity index (χ2v) is 6.12. The number of hydrogen-bond donors (Lipinski definition) is 1. The minimum absolute atomic E-state index is 0.